The van der Waals surface area contributed by atoms with E-state index >= 15 is 0 Å². The molecule has 0 N–H and O–H groups in total. The van der Waals surface area contributed by atoms with E-state index in [-0.39, 0.29) is 25.2 Å². The summed E-state index contributed by atoms with van der Waals surface area (Å²) in [7, 11) is 7.89. The largest absolute Gasteiger partial charge is 0.463 e. The summed E-state index contributed by atoms with van der Waals surface area (Å²) >= 11 is 0. The van der Waals surface area contributed by atoms with Crippen LogP contribution in [0.3, 0.4) is 0 Å². The molecular weight excluding hydrogens is 448 g/mol. The van der Waals surface area contributed by atoms with Gasteiger partial charge in [0.2, 0.25) is 0 Å². The van der Waals surface area contributed by atoms with Gasteiger partial charge in [-0.15, -0.1) is 0 Å². The average molecular weight is 483 g/mol. The van der Waals surface area contributed by atoms with Crippen LogP contribution in [0.4, 0.5) is 0 Å². The zero-order valence-electron chi connectivity index (χ0n) is 17.1. The third-order valence-corrected chi connectivity index (χ3v) is 10.8. The summed E-state index contributed by atoms with van der Waals surface area (Å²) < 4.78 is 15.7. The second-order valence-corrected chi connectivity index (χ2v) is 12.8. The number of hydrogen-bond acceptors (Lipinski definition) is 9. The molecule has 0 aliphatic carbocycles. The number of rotatable bonds is 16. The van der Waals surface area contributed by atoms with Crippen molar-refractivity contribution in [3.63, 3.8) is 0 Å². The lowest BCUT2D eigenvalue weighted by Crippen LogP contribution is -2.14. The smallest absolute Gasteiger partial charge is 0.305 e. The summed E-state index contributed by atoms with van der Waals surface area (Å²) in [5, 5.41) is 1.54. The van der Waals surface area contributed by atoms with E-state index in [2.05, 4.69) is 0 Å². The van der Waals surface area contributed by atoms with Crippen LogP contribution in [-0.4, -0.2) is 60.4 Å². The van der Waals surface area contributed by atoms with E-state index in [0.29, 0.717) is 26.1 Å². The first-order valence-corrected chi connectivity index (χ1v) is 15.5. The van der Waals surface area contributed by atoms with Crippen LogP contribution in [0, 0.1) is 0 Å². The summed E-state index contributed by atoms with van der Waals surface area (Å²) in [6, 6.07) is 0. The van der Waals surface area contributed by atoms with Crippen LogP contribution in [0.25, 0.3) is 0 Å². The molecule has 2 unspecified atom stereocenters. The van der Waals surface area contributed by atoms with Gasteiger partial charge < -0.3 is 14.2 Å². The Morgan fingerprint density at radius 3 is 1.59 bits per heavy atom. The highest BCUT2D eigenvalue weighted by Crippen LogP contribution is 2.40. The quantitative estimate of drug-likeness (QED) is 0.161. The molecule has 29 heavy (non-hydrogen) atoms. The Kier molecular flexibility index (Phi) is 14.9. The molecule has 0 amide bonds. The highest BCUT2D eigenvalue weighted by molar-refractivity contribution is 8.77. The van der Waals surface area contributed by atoms with Crippen molar-refractivity contribution in [2.24, 2.45) is 0 Å². The molecule has 168 valence electrons. The molecule has 0 radical (unpaired) electrons. The third kappa shape index (κ3) is 13.3. The highest BCUT2D eigenvalue weighted by Gasteiger charge is 2.16. The number of carbonyl (C=O) groups excluding carboxylic acids is 2. The fourth-order valence-electron chi connectivity index (χ4n) is 3.09. The van der Waals surface area contributed by atoms with Gasteiger partial charge in [-0.2, -0.15) is 0 Å². The minimum Gasteiger partial charge on any atom is -0.463 e. The molecule has 0 aromatic carbocycles. The predicted octanol–water partition coefficient (Wildman–Crippen LogP) is 5.52. The van der Waals surface area contributed by atoms with Gasteiger partial charge in [0, 0.05) is 34.8 Å². The minimum atomic E-state index is -0.150. The van der Waals surface area contributed by atoms with Crippen molar-refractivity contribution in [1.82, 2.24) is 0 Å². The van der Waals surface area contributed by atoms with Gasteiger partial charge in [-0.1, -0.05) is 56.0 Å². The maximum absolute atomic E-state index is 11.7. The molecule has 2 aliphatic rings. The van der Waals surface area contributed by atoms with E-state index in [1.54, 1.807) is 0 Å². The predicted molar refractivity (Wildman–Crippen MR) is 127 cm³/mol. The zero-order chi connectivity index (χ0) is 20.6. The van der Waals surface area contributed by atoms with Crippen LogP contribution in [0.1, 0.15) is 64.2 Å². The second kappa shape index (κ2) is 16.9. The molecule has 2 aliphatic heterocycles. The standard InChI is InChI=1S/C20H34O5S4/c21-19(7-3-1-5-17-9-15-26-28-17)24-13-11-23-12-14-25-20(22)8-4-2-6-18-10-16-27-29-18/h17-18H,1-16H2. The summed E-state index contributed by atoms with van der Waals surface area (Å²) in [5.74, 6) is 2.22. The molecule has 2 heterocycles. The Morgan fingerprint density at radius 2 is 1.17 bits per heavy atom. The van der Waals surface area contributed by atoms with Crippen LogP contribution in [0.2, 0.25) is 0 Å². The Bertz CT molecular complexity index is 414. The van der Waals surface area contributed by atoms with E-state index in [1.165, 1.54) is 37.2 Å². The van der Waals surface area contributed by atoms with Crippen molar-refractivity contribution >= 4 is 55.1 Å². The van der Waals surface area contributed by atoms with E-state index in [0.717, 1.165) is 36.2 Å². The van der Waals surface area contributed by atoms with Gasteiger partial charge in [0.05, 0.1) is 13.2 Å². The Balaban J connectivity index is 1.29. The topological polar surface area (TPSA) is 61.8 Å². The Hall–Kier alpha value is 0.300. The third-order valence-electron chi connectivity index (χ3n) is 4.75. The van der Waals surface area contributed by atoms with Crippen LogP contribution in [0.15, 0.2) is 0 Å². The number of ether oxygens (including phenoxy) is 3. The molecule has 0 bridgehead atoms. The van der Waals surface area contributed by atoms with E-state index in [4.69, 9.17) is 14.2 Å². The lowest BCUT2D eigenvalue weighted by atomic mass is 10.1. The molecule has 2 rings (SSSR count). The lowest BCUT2D eigenvalue weighted by Gasteiger charge is -2.09. The molecule has 2 atom stereocenters. The van der Waals surface area contributed by atoms with Crippen molar-refractivity contribution in [2.75, 3.05) is 37.9 Å². The molecule has 5 nitrogen and oxygen atoms in total. The van der Waals surface area contributed by atoms with Gasteiger partial charge in [0.1, 0.15) is 13.2 Å². The fraction of sp³-hybridized carbons (Fsp3) is 0.900. The Morgan fingerprint density at radius 1 is 0.690 bits per heavy atom. The number of hydrogen-bond donors (Lipinski definition) is 0. The van der Waals surface area contributed by atoms with Crippen LogP contribution in [0.5, 0.6) is 0 Å². The fourth-order valence-corrected chi connectivity index (χ4v) is 9.14. The lowest BCUT2D eigenvalue weighted by molar-refractivity contribution is -0.146. The second-order valence-electron chi connectivity index (χ2n) is 7.20. The first-order chi connectivity index (χ1) is 14.2. The van der Waals surface area contributed by atoms with E-state index in [9.17, 15) is 9.59 Å². The van der Waals surface area contributed by atoms with Gasteiger partial charge in [-0.05, 0) is 38.5 Å². The van der Waals surface area contributed by atoms with E-state index < -0.39 is 0 Å². The van der Waals surface area contributed by atoms with Crippen LogP contribution in [-0.2, 0) is 23.8 Å². The van der Waals surface area contributed by atoms with Gasteiger partial charge in [-0.25, -0.2) is 0 Å². The molecule has 9 heteroatoms. The molecule has 0 aromatic heterocycles. The maximum atomic E-state index is 11.7. The van der Waals surface area contributed by atoms with E-state index in [1.807, 2.05) is 43.2 Å². The van der Waals surface area contributed by atoms with Crippen LogP contribution < -0.4 is 0 Å². The van der Waals surface area contributed by atoms with Crippen molar-refractivity contribution < 1.29 is 23.8 Å². The van der Waals surface area contributed by atoms with Gasteiger partial charge in [0.25, 0.3) is 0 Å². The molecular formula is C20H34O5S4. The molecule has 0 spiro atoms. The molecule has 0 aromatic rings. The highest BCUT2D eigenvalue weighted by atomic mass is 33.1. The summed E-state index contributed by atoms with van der Waals surface area (Å²) in [6.45, 7) is 1.21. The maximum Gasteiger partial charge on any atom is 0.305 e. The normalized spacial score (nSPS) is 21.4. The zero-order valence-corrected chi connectivity index (χ0v) is 20.4. The average Bonchev–Trinajstić information content (AvgIpc) is 3.42. The summed E-state index contributed by atoms with van der Waals surface area (Å²) in [5.41, 5.74) is 0. The number of unbranched alkanes of at least 4 members (excludes halogenated alkanes) is 2. The number of carbonyl (C=O) groups is 2. The van der Waals surface area contributed by atoms with Crippen molar-refractivity contribution in [1.29, 1.82) is 0 Å². The first kappa shape index (κ1) is 25.6. The summed E-state index contributed by atoms with van der Waals surface area (Å²) in [4.78, 5) is 23.3. The monoisotopic (exact) mass is 482 g/mol. The number of esters is 2. The van der Waals surface area contributed by atoms with Gasteiger partial charge in [-0.3, -0.25) is 9.59 Å². The minimum absolute atomic E-state index is 0.150. The SMILES string of the molecule is O=C(CCCCC1CCSS1)OCCOCCOC(=O)CCCCC1CCSS1. The van der Waals surface area contributed by atoms with Crippen molar-refractivity contribution in [3.05, 3.63) is 0 Å². The summed E-state index contributed by atoms with van der Waals surface area (Å²) in [6.07, 6.45) is 9.95. The van der Waals surface area contributed by atoms with Crippen molar-refractivity contribution in [2.45, 2.75) is 74.7 Å². The molecule has 2 saturated heterocycles. The molecule has 2 fully saturated rings. The first-order valence-electron chi connectivity index (χ1n) is 10.7. The molecule has 0 saturated carbocycles. The van der Waals surface area contributed by atoms with Crippen molar-refractivity contribution in [3.8, 4) is 0 Å². The van der Waals surface area contributed by atoms with Gasteiger partial charge in [0.15, 0.2) is 0 Å². The van der Waals surface area contributed by atoms with Crippen LogP contribution >= 0.6 is 43.2 Å². The van der Waals surface area contributed by atoms with Gasteiger partial charge >= 0.3 is 11.9 Å². The Labute approximate surface area is 191 Å².